The van der Waals surface area contributed by atoms with Crippen molar-refractivity contribution in [2.24, 2.45) is 5.73 Å². The van der Waals surface area contributed by atoms with Crippen molar-refractivity contribution in [1.82, 2.24) is 0 Å². The number of rotatable bonds is 3. The molecule has 0 aliphatic heterocycles. The molecule has 0 rings (SSSR count). The third kappa shape index (κ3) is 9.80. The van der Waals surface area contributed by atoms with E-state index in [0.717, 1.165) is 0 Å². The average molecular weight is 181 g/mol. The van der Waals surface area contributed by atoms with Gasteiger partial charge in [-0.15, -0.1) is 0 Å². The van der Waals surface area contributed by atoms with Crippen LogP contribution in [0.5, 0.6) is 0 Å². The van der Waals surface area contributed by atoms with Crippen molar-refractivity contribution >= 4 is 0 Å². The predicted molar refractivity (Wildman–Crippen MR) is 45.5 cm³/mol. The van der Waals surface area contributed by atoms with Gasteiger partial charge >= 0.3 is 0 Å². The summed E-state index contributed by atoms with van der Waals surface area (Å²) >= 11 is 0. The van der Waals surface area contributed by atoms with E-state index < -0.39 is 25.4 Å². The topological polar surface area (TPSA) is 107 Å². The van der Waals surface area contributed by atoms with Crippen molar-refractivity contribution in [3.05, 3.63) is 0 Å². The highest BCUT2D eigenvalue weighted by molar-refractivity contribution is 4.80. The first-order valence-corrected chi connectivity index (χ1v) is 3.71. The lowest BCUT2D eigenvalue weighted by Gasteiger charge is -2.20. The van der Waals surface area contributed by atoms with Crippen LogP contribution >= 0.6 is 0 Å². The summed E-state index contributed by atoms with van der Waals surface area (Å²) in [6, 6.07) is 0. The first kappa shape index (κ1) is 14.3. The number of nitrogens with two attached hydrogens (primary N) is 1. The van der Waals surface area contributed by atoms with Gasteiger partial charge in [0.1, 0.15) is 0 Å². The lowest BCUT2D eigenvalue weighted by molar-refractivity contribution is 0.0698. The molecule has 0 spiro atoms. The minimum Gasteiger partial charge on any atom is -0.394 e. The Balaban J connectivity index is 0. The number of hydrogen-bond donors (Lipinski definition) is 5. The second-order valence-electron chi connectivity index (χ2n) is 2.93. The summed E-state index contributed by atoms with van der Waals surface area (Å²) in [6.45, 7) is 2.24. The molecule has 5 nitrogen and oxygen atoms in total. The van der Waals surface area contributed by atoms with Gasteiger partial charge in [-0.05, 0) is 13.8 Å². The van der Waals surface area contributed by atoms with Gasteiger partial charge in [0, 0.05) is 6.10 Å². The molecule has 6 N–H and O–H groups in total. The highest BCUT2D eigenvalue weighted by atomic mass is 16.3. The molecule has 0 aromatic carbocycles. The molecule has 0 saturated carbocycles. The van der Waals surface area contributed by atoms with Crippen LogP contribution in [0.1, 0.15) is 13.8 Å². The van der Waals surface area contributed by atoms with Crippen molar-refractivity contribution in [3.63, 3.8) is 0 Å². The highest BCUT2D eigenvalue weighted by Gasteiger charge is 2.20. The second kappa shape index (κ2) is 7.45. The van der Waals surface area contributed by atoms with E-state index in [9.17, 15) is 0 Å². The molecule has 0 atom stereocenters. The van der Waals surface area contributed by atoms with E-state index in [1.165, 1.54) is 0 Å². The van der Waals surface area contributed by atoms with Gasteiger partial charge in [-0.25, -0.2) is 0 Å². The maximum Gasteiger partial charge on any atom is 0.0856 e. The third-order valence-corrected chi connectivity index (χ3v) is 0.945. The van der Waals surface area contributed by atoms with E-state index in [2.05, 4.69) is 0 Å². The molecule has 0 aromatic heterocycles. The summed E-state index contributed by atoms with van der Waals surface area (Å²) in [5, 5.41) is 33.1. The van der Waals surface area contributed by atoms with E-state index in [4.69, 9.17) is 26.2 Å². The summed E-state index contributed by atoms with van der Waals surface area (Å²) < 4.78 is 0. The molecule has 0 unspecified atom stereocenters. The molecule has 0 aliphatic carbocycles. The zero-order valence-corrected chi connectivity index (χ0v) is 7.56. The van der Waals surface area contributed by atoms with E-state index in [1.807, 2.05) is 0 Å². The average Bonchev–Trinajstić information content (AvgIpc) is 2.02. The second-order valence-corrected chi connectivity index (χ2v) is 2.93. The van der Waals surface area contributed by atoms with Crippen molar-refractivity contribution in [3.8, 4) is 0 Å². The summed E-state index contributed by atoms with van der Waals surface area (Å²) in [5.74, 6) is 0. The maximum atomic E-state index is 8.34. The molecule has 5 heteroatoms. The van der Waals surface area contributed by atoms with Crippen LogP contribution in [0.3, 0.4) is 0 Å². The molecule has 0 aliphatic rings. The first-order chi connectivity index (χ1) is 5.41. The van der Waals surface area contributed by atoms with Crippen LogP contribution in [-0.2, 0) is 0 Å². The SMILES string of the molecule is CC(C)O.NC(CO)(CO)CO. The lowest BCUT2D eigenvalue weighted by atomic mass is 10.1. The van der Waals surface area contributed by atoms with Gasteiger partial charge in [0.15, 0.2) is 0 Å². The fourth-order valence-corrected chi connectivity index (χ4v) is 0.150. The van der Waals surface area contributed by atoms with Gasteiger partial charge in [-0.1, -0.05) is 0 Å². The van der Waals surface area contributed by atoms with Crippen LogP contribution in [0.25, 0.3) is 0 Å². The number of aliphatic hydroxyl groups is 4. The van der Waals surface area contributed by atoms with Gasteiger partial charge in [-0.3, -0.25) is 0 Å². The summed E-state index contributed by atoms with van der Waals surface area (Å²) in [7, 11) is 0. The fourth-order valence-electron chi connectivity index (χ4n) is 0.150. The molecule has 12 heavy (non-hydrogen) atoms. The quantitative estimate of drug-likeness (QED) is 0.348. The summed E-state index contributed by atoms with van der Waals surface area (Å²) in [6.07, 6.45) is -0.167. The van der Waals surface area contributed by atoms with Crippen LogP contribution in [0.4, 0.5) is 0 Å². The standard InChI is InChI=1S/C4H11NO3.C3H8O/c5-4(1-6,2-7)3-8;1-3(2)4/h6-8H,1-3,5H2;3-4H,1-2H3. The zero-order chi connectivity index (χ0) is 10.2. The van der Waals surface area contributed by atoms with Gasteiger partial charge in [0.2, 0.25) is 0 Å². The summed E-state index contributed by atoms with van der Waals surface area (Å²) in [5.41, 5.74) is 3.94. The minimum absolute atomic E-state index is 0.167. The largest absolute Gasteiger partial charge is 0.394 e. The van der Waals surface area contributed by atoms with E-state index in [-0.39, 0.29) is 6.10 Å². The minimum atomic E-state index is -1.21. The number of aliphatic hydroxyl groups excluding tert-OH is 4. The van der Waals surface area contributed by atoms with E-state index in [0.29, 0.717) is 0 Å². The third-order valence-electron chi connectivity index (χ3n) is 0.945. The van der Waals surface area contributed by atoms with Crippen LogP contribution in [-0.4, -0.2) is 51.9 Å². The molecular weight excluding hydrogens is 162 g/mol. The molecule has 0 saturated heterocycles. The molecule has 0 bridgehead atoms. The molecule has 0 radical (unpaired) electrons. The van der Waals surface area contributed by atoms with Crippen LogP contribution < -0.4 is 5.73 Å². The van der Waals surface area contributed by atoms with Crippen molar-refractivity contribution < 1.29 is 20.4 Å². The van der Waals surface area contributed by atoms with E-state index >= 15 is 0 Å². The predicted octanol–water partition coefficient (Wildman–Crippen LogP) is -1.95. The van der Waals surface area contributed by atoms with Crippen LogP contribution in [0, 0.1) is 0 Å². The van der Waals surface area contributed by atoms with Crippen molar-refractivity contribution in [1.29, 1.82) is 0 Å². The Hall–Kier alpha value is -0.200. The normalized spacial score (nSPS) is 11.0. The lowest BCUT2D eigenvalue weighted by Crippen LogP contribution is -2.50. The van der Waals surface area contributed by atoms with Crippen molar-refractivity contribution in [2.75, 3.05) is 19.8 Å². The highest BCUT2D eigenvalue weighted by Crippen LogP contribution is 1.93. The Morgan fingerprint density at radius 1 is 1.08 bits per heavy atom. The molecule has 0 fully saturated rings. The maximum absolute atomic E-state index is 8.34. The summed E-state index contributed by atoms with van der Waals surface area (Å²) in [4.78, 5) is 0. The van der Waals surface area contributed by atoms with Gasteiger partial charge in [-0.2, -0.15) is 0 Å². The molecule has 0 heterocycles. The van der Waals surface area contributed by atoms with Crippen molar-refractivity contribution in [2.45, 2.75) is 25.5 Å². The van der Waals surface area contributed by atoms with Gasteiger partial charge in [0.25, 0.3) is 0 Å². The fraction of sp³-hybridized carbons (Fsp3) is 1.00. The molecule has 76 valence electrons. The molecular formula is C7H19NO4. The molecule has 0 aromatic rings. The Morgan fingerprint density at radius 3 is 1.25 bits per heavy atom. The van der Waals surface area contributed by atoms with Gasteiger partial charge < -0.3 is 26.2 Å². The monoisotopic (exact) mass is 181 g/mol. The Morgan fingerprint density at radius 2 is 1.25 bits per heavy atom. The Bertz CT molecular complexity index is 82.4. The Labute approximate surface area is 72.5 Å². The van der Waals surface area contributed by atoms with E-state index in [1.54, 1.807) is 13.8 Å². The smallest absolute Gasteiger partial charge is 0.0856 e. The Kier molecular flexibility index (Phi) is 8.90. The molecule has 0 amide bonds. The van der Waals surface area contributed by atoms with Crippen LogP contribution in [0.2, 0.25) is 0 Å². The number of hydrogen-bond acceptors (Lipinski definition) is 5. The van der Waals surface area contributed by atoms with Crippen LogP contribution in [0.15, 0.2) is 0 Å². The first-order valence-electron chi connectivity index (χ1n) is 3.71. The zero-order valence-electron chi connectivity index (χ0n) is 7.56. The van der Waals surface area contributed by atoms with Gasteiger partial charge in [0.05, 0.1) is 25.4 Å².